The summed E-state index contributed by atoms with van der Waals surface area (Å²) in [4.78, 5) is 13.8. The van der Waals surface area contributed by atoms with E-state index >= 15 is 0 Å². The standard InChI is InChI=1S/C13H23NO/c1-3-13(4-2)9-14(10-13)11-5-7-12(15)8-6-11/h11H,3-10H2,1-2H3. The summed E-state index contributed by atoms with van der Waals surface area (Å²) in [5, 5.41) is 0. The lowest BCUT2D eigenvalue weighted by molar-refractivity contribution is -0.123. The Hall–Kier alpha value is -0.370. The number of carbonyl (C=O) groups is 1. The van der Waals surface area contributed by atoms with Crippen molar-refractivity contribution in [2.45, 2.75) is 58.4 Å². The van der Waals surface area contributed by atoms with Crippen molar-refractivity contribution < 1.29 is 4.79 Å². The van der Waals surface area contributed by atoms with Gasteiger partial charge in [0.25, 0.3) is 0 Å². The van der Waals surface area contributed by atoms with Gasteiger partial charge in [-0.3, -0.25) is 9.69 Å². The number of Topliss-reactive ketones (excluding diaryl/α,β-unsaturated/α-hetero) is 1. The molecule has 1 aliphatic carbocycles. The minimum atomic E-state index is 0.476. The average molecular weight is 209 g/mol. The van der Waals surface area contributed by atoms with Gasteiger partial charge in [-0.1, -0.05) is 13.8 Å². The lowest BCUT2D eigenvalue weighted by Crippen LogP contribution is -2.59. The summed E-state index contributed by atoms with van der Waals surface area (Å²) in [6, 6.07) is 0.717. The molecule has 0 aromatic rings. The zero-order valence-electron chi connectivity index (χ0n) is 10.1. The van der Waals surface area contributed by atoms with E-state index in [0.29, 0.717) is 17.2 Å². The van der Waals surface area contributed by atoms with Crippen molar-refractivity contribution >= 4 is 5.78 Å². The van der Waals surface area contributed by atoms with Crippen molar-refractivity contribution in [3.63, 3.8) is 0 Å². The van der Waals surface area contributed by atoms with Gasteiger partial charge in [0.2, 0.25) is 0 Å². The average Bonchev–Trinajstić information content (AvgIpc) is 2.20. The summed E-state index contributed by atoms with van der Waals surface area (Å²) in [7, 11) is 0. The summed E-state index contributed by atoms with van der Waals surface area (Å²) in [5.74, 6) is 0.476. The van der Waals surface area contributed by atoms with Crippen LogP contribution in [0.1, 0.15) is 52.4 Å². The van der Waals surface area contributed by atoms with Crippen LogP contribution in [0.4, 0.5) is 0 Å². The van der Waals surface area contributed by atoms with E-state index in [1.807, 2.05) is 0 Å². The summed E-state index contributed by atoms with van der Waals surface area (Å²) < 4.78 is 0. The number of hydrogen-bond acceptors (Lipinski definition) is 2. The minimum Gasteiger partial charge on any atom is -0.300 e. The predicted molar refractivity (Wildman–Crippen MR) is 61.9 cm³/mol. The summed E-state index contributed by atoms with van der Waals surface area (Å²) >= 11 is 0. The minimum absolute atomic E-state index is 0.476. The Morgan fingerprint density at radius 3 is 2.20 bits per heavy atom. The maximum Gasteiger partial charge on any atom is 0.133 e. The van der Waals surface area contributed by atoms with E-state index in [4.69, 9.17) is 0 Å². The van der Waals surface area contributed by atoms with Gasteiger partial charge < -0.3 is 0 Å². The molecule has 0 aromatic heterocycles. The van der Waals surface area contributed by atoms with Crippen LogP contribution in [0.3, 0.4) is 0 Å². The molecule has 86 valence electrons. The Morgan fingerprint density at radius 2 is 1.73 bits per heavy atom. The van der Waals surface area contributed by atoms with Crippen LogP contribution >= 0.6 is 0 Å². The lowest BCUT2D eigenvalue weighted by Gasteiger charge is -2.54. The number of ketones is 1. The van der Waals surface area contributed by atoms with Crippen molar-refractivity contribution in [3.8, 4) is 0 Å². The lowest BCUT2D eigenvalue weighted by atomic mass is 9.73. The van der Waals surface area contributed by atoms with Gasteiger partial charge in [-0.05, 0) is 31.1 Å². The SMILES string of the molecule is CCC1(CC)CN(C2CCC(=O)CC2)C1. The maximum atomic E-state index is 11.2. The first-order valence-corrected chi connectivity index (χ1v) is 6.45. The molecular weight excluding hydrogens is 186 g/mol. The van der Waals surface area contributed by atoms with Gasteiger partial charge in [-0.2, -0.15) is 0 Å². The normalized spacial score (nSPS) is 27.7. The molecule has 1 aliphatic heterocycles. The molecule has 2 aliphatic rings. The van der Waals surface area contributed by atoms with Gasteiger partial charge in [0.15, 0.2) is 0 Å². The largest absolute Gasteiger partial charge is 0.300 e. The highest BCUT2D eigenvalue weighted by molar-refractivity contribution is 5.79. The van der Waals surface area contributed by atoms with Crippen molar-refractivity contribution in [2.75, 3.05) is 13.1 Å². The molecule has 0 N–H and O–H groups in total. The summed E-state index contributed by atoms with van der Waals surface area (Å²) in [6.07, 6.45) is 6.50. The van der Waals surface area contributed by atoms with Gasteiger partial charge in [0, 0.05) is 32.0 Å². The molecule has 1 heterocycles. The van der Waals surface area contributed by atoms with Crippen LogP contribution in [0.15, 0.2) is 0 Å². The van der Waals surface area contributed by atoms with Gasteiger partial charge >= 0.3 is 0 Å². The van der Waals surface area contributed by atoms with Gasteiger partial charge in [-0.25, -0.2) is 0 Å². The van der Waals surface area contributed by atoms with Gasteiger partial charge in [-0.15, -0.1) is 0 Å². The molecule has 0 amide bonds. The van der Waals surface area contributed by atoms with Gasteiger partial charge in [0.1, 0.15) is 5.78 Å². The van der Waals surface area contributed by atoms with Crippen LogP contribution in [0.25, 0.3) is 0 Å². The molecule has 0 atom stereocenters. The third kappa shape index (κ3) is 2.10. The van der Waals surface area contributed by atoms with Crippen molar-refractivity contribution in [1.29, 1.82) is 0 Å². The zero-order chi connectivity index (χ0) is 10.9. The number of carbonyl (C=O) groups excluding carboxylic acids is 1. The van der Waals surface area contributed by atoms with Crippen LogP contribution in [0, 0.1) is 5.41 Å². The molecule has 0 spiro atoms. The predicted octanol–water partition coefficient (Wildman–Crippen LogP) is 2.62. The van der Waals surface area contributed by atoms with E-state index in [2.05, 4.69) is 18.7 Å². The van der Waals surface area contributed by atoms with E-state index in [0.717, 1.165) is 25.7 Å². The molecule has 0 unspecified atom stereocenters. The summed E-state index contributed by atoms with van der Waals surface area (Å²) in [6.45, 7) is 7.17. The second kappa shape index (κ2) is 4.25. The fraction of sp³-hybridized carbons (Fsp3) is 0.923. The second-order valence-electron chi connectivity index (χ2n) is 5.38. The molecule has 2 nitrogen and oxygen atoms in total. The van der Waals surface area contributed by atoms with E-state index in [-0.39, 0.29) is 0 Å². The Kier molecular flexibility index (Phi) is 3.15. The van der Waals surface area contributed by atoms with Crippen molar-refractivity contribution in [3.05, 3.63) is 0 Å². The number of hydrogen-bond donors (Lipinski definition) is 0. The van der Waals surface area contributed by atoms with E-state index < -0.39 is 0 Å². The quantitative estimate of drug-likeness (QED) is 0.712. The highest BCUT2D eigenvalue weighted by Crippen LogP contribution is 2.40. The molecule has 0 radical (unpaired) electrons. The molecule has 2 heteroatoms. The smallest absolute Gasteiger partial charge is 0.133 e. The molecule has 2 rings (SSSR count). The number of likely N-dealkylation sites (tertiary alicyclic amines) is 1. The van der Waals surface area contributed by atoms with Crippen LogP contribution in [-0.4, -0.2) is 29.8 Å². The molecule has 1 saturated carbocycles. The molecule has 1 saturated heterocycles. The molecule has 15 heavy (non-hydrogen) atoms. The van der Waals surface area contributed by atoms with Crippen LogP contribution in [-0.2, 0) is 4.79 Å². The van der Waals surface area contributed by atoms with E-state index in [1.165, 1.54) is 25.9 Å². The first-order chi connectivity index (χ1) is 7.19. The topological polar surface area (TPSA) is 20.3 Å². The van der Waals surface area contributed by atoms with Crippen molar-refractivity contribution in [1.82, 2.24) is 4.90 Å². The Balaban J connectivity index is 1.81. The Morgan fingerprint density at radius 1 is 1.20 bits per heavy atom. The first-order valence-electron chi connectivity index (χ1n) is 6.45. The second-order valence-corrected chi connectivity index (χ2v) is 5.38. The number of rotatable bonds is 3. The highest BCUT2D eigenvalue weighted by atomic mass is 16.1. The van der Waals surface area contributed by atoms with Crippen LogP contribution < -0.4 is 0 Å². The monoisotopic (exact) mass is 209 g/mol. The summed E-state index contributed by atoms with van der Waals surface area (Å²) in [5.41, 5.74) is 0.613. The third-order valence-electron chi connectivity index (χ3n) is 4.61. The fourth-order valence-corrected chi connectivity index (χ4v) is 3.06. The molecule has 2 fully saturated rings. The highest BCUT2D eigenvalue weighted by Gasteiger charge is 2.43. The number of nitrogens with zero attached hydrogens (tertiary/aromatic N) is 1. The Bertz CT molecular complexity index is 227. The first kappa shape index (κ1) is 11.1. The van der Waals surface area contributed by atoms with Crippen molar-refractivity contribution in [2.24, 2.45) is 5.41 Å². The van der Waals surface area contributed by atoms with Gasteiger partial charge in [0.05, 0.1) is 0 Å². The molecule has 0 bridgehead atoms. The molecule has 0 aromatic carbocycles. The maximum absolute atomic E-state index is 11.2. The zero-order valence-corrected chi connectivity index (χ0v) is 10.1. The van der Waals surface area contributed by atoms with Crippen LogP contribution in [0.5, 0.6) is 0 Å². The van der Waals surface area contributed by atoms with Crippen LogP contribution in [0.2, 0.25) is 0 Å². The fourth-order valence-electron chi connectivity index (χ4n) is 3.06. The molecular formula is C13H23NO. The van der Waals surface area contributed by atoms with E-state index in [1.54, 1.807) is 0 Å². The Labute approximate surface area is 93.0 Å². The third-order valence-corrected chi connectivity index (χ3v) is 4.61. The van der Waals surface area contributed by atoms with E-state index in [9.17, 15) is 4.79 Å².